The Hall–Kier alpha value is -3.14. The van der Waals surface area contributed by atoms with Gasteiger partial charge in [0, 0.05) is 0 Å². The molecule has 0 aliphatic carbocycles. The van der Waals surface area contributed by atoms with E-state index in [0.29, 0.717) is 0 Å². The molecular formula is C18H14N2O2. The van der Waals surface area contributed by atoms with Crippen molar-refractivity contribution in [2.24, 2.45) is 0 Å². The van der Waals surface area contributed by atoms with Gasteiger partial charge in [0.15, 0.2) is 0 Å². The number of nitrogens with one attached hydrogen (secondary N) is 2. The number of hydrogen-bond donors (Lipinski definition) is 2. The molecule has 0 saturated carbocycles. The smallest absolute Gasteiger partial charge is 0.272 e. The fourth-order valence-electron chi connectivity index (χ4n) is 2.19. The SMILES string of the molecule is C=c1[nH]c(=O)/c(=C/c2ccc(-c3ccccc3)cc2)[nH]c1=O. The van der Waals surface area contributed by atoms with Gasteiger partial charge >= 0.3 is 0 Å². The summed E-state index contributed by atoms with van der Waals surface area (Å²) in [6, 6.07) is 17.8. The molecule has 2 aromatic carbocycles. The van der Waals surface area contributed by atoms with Crippen molar-refractivity contribution in [3.05, 3.63) is 91.6 Å². The summed E-state index contributed by atoms with van der Waals surface area (Å²) >= 11 is 0. The highest BCUT2D eigenvalue weighted by Gasteiger charge is 1.97. The monoisotopic (exact) mass is 290 g/mol. The summed E-state index contributed by atoms with van der Waals surface area (Å²) in [4.78, 5) is 28.2. The highest BCUT2D eigenvalue weighted by molar-refractivity contribution is 5.65. The third-order valence-electron chi connectivity index (χ3n) is 3.36. The van der Waals surface area contributed by atoms with Crippen molar-refractivity contribution in [3.63, 3.8) is 0 Å². The number of aromatic nitrogens is 2. The van der Waals surface area contributed by atoms with Crippen molar-refractivity contribution in [3.8, 4) is 11.1 Å². The van der Waals surface area contributed by atoms with E-state index in [1.54, 1.807) is 6.08 Å². The molecule has 0 aliphatic rings. The van der Waals surface area contributed by atoms with Crippen LogP contribution in [-0.2, 0) is 0 Å². The second-order valence-corrected chi connectivity index (χ2v) is 4.93. The van der Waals surface area contributed by atoms with Gasteiger partial charge in [0.2, 0.25) is 0 Å². The first kappa shape index (κ1) is 13.8. The number of hydrogen-bond acceptors (Lipinski definition) is 2. The van der Waals surface area contributed by atoms with Crippen LogP contribution in [0.2, 0.25) is 0 Å². The van der Waals surface area contributed by atoms with E-state index in [2.05, 4.69) is 16.5 Å². The van der Waals surface area contributed by atoms with E-state index >= 15 is 0 Å². The van der Waals surface area contributed by atoms with E-state index in [4.69, 9.17) is 0 Å². The van der Waals surface area contributed by atoms with Gasteiger partial charge in [0.05, 0.1) is 5.35 Å². The number of benzene rings is 2. The Morgan fingerprint density at radius 1 is 0.773 bits per heavy atom. The molecule has 0 radical (unpaired) electrons. The zero-order chi connectivity index (χ0) is 15.5. The lowest BCUT2D eigenvalue weighted by Gasteiger charge is -2.01. The average molecular weight is 290 g/mol. The van der Waals surface area contributed by atoms with E-state index in [1.807, 2.05) is 54.6 Å². The van der Waals surface area contributed by atoms with E-state index in [1.165, 1.54) is 0 Å². The van der Waals surface area contributed by atoms with Crippen LogP contribution in [0.4, 0.5) is 0 Å². The minimum absolute atomic E-state index is 0.0570. The van der Waals surface area contributed by atoms with Crippen molar-refractivity contribution in [2.45, 2.75) is 0 Å². The van der Waals surface area contributed by atoms with E-state index in [9.17, 15) is 9.59 Å². The number of H-pyrrole nitrogens is 2. The Labute approximate surface area is 126 Å². The van der Waals surface area contributed by atoms with Crippen LogP contribution >= 0.6 is 0 Å². The maximum absolute atomic E-state index is 11.8. The first-order chi connectivity index (χ1) is 10.6. The molecule has 22 heavy (non-hydrogen) atoms. The molecule has 0 saturated heterocycles. The van der Waals surface area contributed by atoms with Gasteiger partial charge < -0.3 is 9.97 Å². The van der Waals surface area contributed by atoms with E-state index in [0.717, 1.165) is 16.7 Å². The minimum Gasteiger partial charge on any atom is -0.317 e. The highest BCUT2D eigenvalue weighted by Crippen LogP contribution is 2.19. The zero-order valence-corrected chi connectivity index (χ0v) is 11.8. The van der Waals surface area contributed by atoms with Gasteiger partial charge in [-0.3, -0.25) is 9.59 Å². The zero-order valence-electron chi connectivity index (χ0n) is 11.8. The van der Waals surface area contributed by atoms with Crippen LogP contribution in [0.15, 0.2) is 64.2 Å². The molecule has 4 nitrogen and oxygen atoms in total. The summed E-state index contributed by atoms with van der Waals surface area (Å²) in [7, 11) is 0. The molecule has 1 aromatic heterocycles. The summed E-state index contributed by atoms with van der Waals surface area (Å²) < 4.78 is 0. The van der Waals surface area contributed by atoms with Crippen LogP contribution in [0.3, 0.4) is 0 Å². The van der Waals surface area contributed by atoms with Crippen molar-refractivity contribution in [1.82, 2.24) is 9.97 Å². The topological polar surface area (TPSA) is 65.7 Å². The first-order valence-electron chi connectivity index (χ1n) is 6.82. The molecule has 4 heteroatoms. The Morgan fingerprint density at radius 3 is 2.09 bits per heavy atom. The standard InChI is InChI=1S/C18H14N2O2/c1-12-17(21)20-16(18(22)19-12)11-13-7-9-15(10-8-13)14-5-3-2-4-6-14/h2-11H,1H2,(H,19,22)(H,20,21)/b16-11-. The Kier molecular flexibility index (Phi) is 3.58. The van der Waals surface area contributed by atoms with Crippen molar-refractivity contribution in [1.29, 1.82) is 0 Å². The molecule has 0 amide bonds. The van der Waals surface area contributed by atoms with E-state index in [-0.39, 0.29) is 16.3 Å². The largest absolute Gasteiger partial charge is 0.317 e. The maximum Gasteiger partial charge on any atom is 0.272 e. The molecule has 0 atom stereocenters. The fourth-order valence-corrected chi connectivity index (χ4v) is 2.19. The lowest BCUT2D eigenvalue weighted by atomic mass is 10.0. The Morgan fingerprint density at radius 2 is 1.41 bits per heavy atom. The van der Waals surface area contributed by atoms with Crippen LogP contribution in [0.5, 0.6) is 0 Å². The second-order valence-electron chi connectivity index (χ2n) is 4.93. The van der Waals surface area contributed by atoms with Crippen LogP contribution in [0.1, 0.15) is 5.56 Å². The molecular weight excluding hydrogens is 276 g/mol. The van der Waals surface area contributed by atoms with Gasteiger partial charge in [0.25, 0.3) is 11.1 Å². The molecule has 1 heterocycles. The quantitative estimate of drug-likeness (QED) is 0.738. The van der Waals surface area contributed by atoms with Crippen LogP contribution in [-0.4, -0.2) is 9.97 Å². The van der Waals surface area contributed by atoms with Crippen molar-refractivity contribution >= 4 is 12.7 Å². The molecule has 2 N–H and O–H groups in total. The molecule has 0 spiro atoms. The maximum atomic E-state index is 11.8. The third-order valence-corrected chi connectivity index (χ3v) is 3.36. The predicted molar refractivity (Wildman–Crippen MR) is 87.9 cm³/mol. The molecule has 0 unspecified atom stereocenters. The third kappa shape index (κ3) is 2.81. The highest BCUT2D eigenvalue weighted by atomic mass is 16.1. The van der Waals surface area contributed by atoms with Gasteiger partial charge in [-0.1, -0.05) is 61.2 Å². The van der Waals surface area contributed by atoms with Gasteiger partial charge in [-0.25, -0.2) is 0 Å². The summed E-state index contributed by atoms with van der Waals surface area (Å²) in [5.41, 5.74) is 2.29. The predicted octanol–water partition coefficient (Wildman–Crippen LogP) is 0.969. The molecule has 0 bridgehead atoms. The number of rotatable bonds is 2. The average Bonchev–Trinajstić information content (AvgIpc) is 2.54. The van der Waals surface area contributed by atoms with Crippen LogP contribution in [0, 0.1) is 0 Å². The summed E-state index contributed by atoms with van der Waals surface area (Å²) in [6.45, 7) is 3.46. The molecule has 3 aromatic rings. The lowest BCUT2D eigenvalue weighted by Crippen LogP contribution is -2.46. The Balaban J connectivity index is 2.03. The van der Waals surface area contributed by atoms with Crippen molar-refractivity contribution < 1.29 is 0 Å². The van der Waals surface area contributed by atoms with Crippen LogP contribution < -0.4 is 21.8 Å². The van der Waals surface area contributed by atoms with E-state index < -0.39 is 5.56 Å². The molecule has 108 valence electrons. The Bertz CT molecular complexity index is 1010. The summed E-state index contributed by atoms with van der Waals surface area (Å²) in [5, 5.41) is 0.270. The van der Waals surface area contributed by atoms with Gasteiger partial charge in [-0.05, 0) is 22.8 Å². The second kappa shape index (κ2) is 5.69. The molecule has 3 rings (SSSR count). The van der Waals surface area contributed by atoms with Gasteiger partial charge in [-0.15, -0.1) is 0 Å². The van der Waals surface area contributed by atoms with Crippen molar-refractivity contribution in [2.75, 3.05) is 0 Å². The number of aromatic amines is 2. The normalized spacial score (nSPS) is 11.5. The minimum atomic E-state index is -0.397. The molecule has 0 aliphatic heterocycles. The first-order valence-corrected chi connectivity index (χ1v) is 6.82. The summed E-state index contributed by atoms with van der Waals surface area (Å²) in [5.74, 6) is 0. The molecule has 0 fully saturated rings. The lowest BCUT2D eigenvalue weighted by molar-refractivity contribution is 1.01. The van der Waals surface area contributed by atoms with Crippen LogP contribution in [0.25, 0.3) is 23.8 Å². The van der Waals surface area contributed by atoms with Gasteiger partial charge in [0.1, 0.15) is 5.35 Å². The summed E-state index contributed by atoms with van der Waals surface area (Å²) in [6.07, 6.45) is 1.63. The fraction of sp³-hybridized carbons (Fsp3) is 0. The van der Waals surface area contributed by atoms with Gasteiger partial charge in [-0.2, -0.15) is 0 Å².